The number of hydrogen-bond donors (Lipinski definition) is 0. The van der Waals surface area contributed by atoms with Gasteiger partial charge in [0, 0.05) is 49.9 Å². The van der Waals surface area contributed by atoms with Gasteiger partial charge in [-0.05, 0) is 45.7 Å². The van der Waals surface area contributed by atoms with Gasteiger partial charge in [0.15, 0.2) is 0 Å². The van der Waals surface area contributed by atoms with Crippen molar-refractivity contribution in [3.63, 3.8) is 0 Å². The molecule has 0 spiro atoms. The van der Waals surface area contributed by atoms with Crippen molar-refractivity contribution in [1.29, 1.82) is 0 Å². The van der Waals surface area contributed by atoms with E-state index in [0.29, 0.717) is 6.61 Å². The fraction of sp³-hybridized carbons (Fsp3) is 0.647. The number of hydrogen-bond acceptors (Lipinski definition) is 4. The van der Waals surface area contributed by atoms with E-state index in [0.717, 1.165) is 50.4 Å². The van der Waals surface area contributed by atoms with E-state index in [1.807, 2.05) is 25.7 Å². The number of pyridine rings is 1. The zero-order valence-electron chi connectivity index (χ0n) is 13.8. The van der Waals surface area contributed by atoms with Crippen molar-refractivity contribution in [2.24, 2.45) is 0 Å². The Morgan fingerprint density at radius 3 is 2.36 bits per heavy atom. The molecule has 5 heteroatoms. The number of carbonyl (C=O) groups is 1. The van der Waals surface area contributed by atoms with Crippen molar-refractivity contribution in [2.75, 3.05) is 37.7 Å². The van der Waals surface area contributed by atoms with Crippen molar-refractivity contribution < 1.29 is 9.53 Å². The van der Waals surface area contributed by atoms with Gasteiger partial charge in [0.25, 0.3) is 5.91 Å². The number of anilines is 1. The molecule has 1 amide bonds. The fourth-order valence-corrected chi connectivity index (χ4v) is 3.44. The van der Waals surface area contributed by atoms with Gasteiger partial charge in [-0.25, -0.2) is 0 Å². The predicted molar refractivity (Wildman–Crippen MR) is 86.1 cm³/mol. The smallest absolute Gasteiger partial charge is 0.254 e. The summed E-state index contributed by atoms with van der Waals surface area (Å²) in [5, 5.41) is 0. The molecule has 2 fully saturated rings. The van der Waals surface area contributed by atoms with Gasteiger partial charge in [0.05, 0.1) is 0 Å². The van der Waals surface area contributed by atoms with Crippen molar-refractivity contribution in [3.05, 3.63) is 23.5 Å². The molecule has 0 bridgehead atoms. The predicted octanol–water partition coefficient (Wildman–Crippen LogP) is 1.92. The third kappa shape index (κ3) is 2.95. The Morgan fingerprint density at radius 1 is 1.18 bits per heavy atom. The zero-order valence-corrected chi connectivity index (χ0v) is 13.8. The lowest BCUT2D eigenvalue weighted by Gasteiger charge is -2.39. The molecule has 0 radical (unpaired) electrons. The van der Waals surface area contributed by atoms with Gasteiger partial charge in [-0.15, -0.1) is 0 Å². The summed E-state index contributed by atoms with van der Waals surface area (Å²) in [7, 11) is 0. The first-order valence-electron chi connectivity index (χ1n) is 8.11. The summed E-state index contributed by atoms with van der Waals surface area (Å²) in [6.45, 7) is 9.94. The molecule has 0 aliphatic carbocycles. The molecule has 2 aliphatic rings. The van der Waals surface area contributed by atoms with Gasteiger partial charge in [0.2, 0.25) is 0 Å². The van der Waals surface area contributed by atoms with E-state index in [-0.39, 0.29) is 5.91 Å². The Kier molecular flexibility index (Phi) is 4.08. The molecule has 3 rings (SSSR count). The number of carbonyl (C=O) groups excluding carboxylic acids is 1. The maximum atomic E-state index is 12.6. The van der Waals surface area contributed by atoms with E-state index < -0.39 is 5.60 Å². The van der Waals surface area contributed by atoms with Crippen LogP contribution in [-0.4, -0.2) is 54.2 Å². The van der Waals surface area contributed by atoms with Gasteiger partial charge in [0.1, 0.15) is 5.60 Å². The highest BCUT2D eigenvalue weighted by atomic mass is 16.5. The number of ether oxygens (including phenoxy) is 1. The highest BCUT2D eigenvalue weighted by Crippen LogP contribution is 2.28. The van der Waals surface area contributed by atoms with E-state index in [9.17, 15) is 4.79 Å². The minimum Gasteiger partial charge on any atom is -0.368 e. The molecule has 2 aliphatic heterocycles. The molecule has 0 saturated carbocycles. The Labute approximate surface area is 132 Å². The Balaban J connectivity index is 1.64. The maximum Gasteiger partial charge on any atom is 0.254 e. The molecule has 1 unspecified atom stereocenters. The van der Waals surface area contributed by atoms with Crippen LogP contribution < -0.4 is 4.90 Å². The average molecular weight is 303 g/mol. The Morgan fingerprint density at radius 2 is 1.82 bits per heavy atom. The molecule has 1 aromatic rings. The second-order valence-corrected chi connectivity index (χ2v) is 6.57. The monoisotopic (exact) mass is 303 g/mol. The first-order chi connectivity index (χ1) is 10.5. The quantitative estimate of drug-likeness (QED) is 0.837. The van der Waals surface area contributed by atoms with Crippen LogP contribution >= 0.6 is 0 Å². The van der Waals surface area contributed by atoms with Crippen molar-refractivity contribution in [3.8, 4) is 0 Å². The topological polar surface area (TPSA) is 45.7 Å². The summed E-state index contributed by atoms with van der Waals surface area (Å²) < 4.78 is 5.69. The van der Waals surface area contributed by atoms with E-state index >= 15 is 0 Å². The molecule has 1 aromatic heterocycles. The minimum absolute atomic E-state index is 0.159. The number of rotatable bonds is 2. The molecule has 1 atom stereocenters. The largest absolute Gasteiger partial charge is 0.368 e. The third-order valence-electron chi connectivity index (χ3n) is 4.67. The van der Waals surface area contributed by atoms with Crippen LogP contribution in [0.25, 0.3) is 0 Å². The second-order valence-electron chi connectivity index (χ2n) is 6.57. The van der Waals surface area contributed by atoms with Crippen LogP contribution in [0.5, 0.6) is 0 Å². The average Bonchev–Trinajstić information content (AvgIpc) is 2.94. The summed E-state index contributed by atoms with van der Waals surface area (Å²) in [6.07, 6.45) is 1.83. The van der Waals surface area contributed by atoms with Crippen LogP contribution in [0.15, 0.2) is 12.1 Å². The molecule has 2 saturated heterocycles. The van der Waals surface area contributed by atoms with Crippen LogP contribution in [0.2, 0.25) is 0 Å². The molecular formula is C17H25N3O2. The first kappa shape index (κ1) is 15.3. The van der Waals surface area contributed by atoms with Gasteiger partial charge < -0.3 is 14.5 Å². The van der Waals surface area contributed by atoms with Crippen LogP contribution in [0.1, 0.15) is 31.2 Å². The van der Waals surface area contributed by atoms with Crippen molar-refractivity contribution in [1.82, 2.24) is 9.88 Å². The second kappa shape index (κ2) is 5.88. The third-order valence-corrected chi connectivity index (χ3v) is 4.67. The van der Waals surface area contributed by atoms with Crippen molar-refractivity contribution >= 4 is 11.6 Å². The normalized spacial score (nSPS) is 25.6. The number of piperazine rings is 1. The molecule has 3 heterocycles. The highest BCUT2D eigenvalue weighted by molar-refractivity contribution is 5.85. The summed E-state index contributed by atoms with van der Waals surface area (Å²) in [6, 6.07) is 4.23. The lowest BCUT2D eigenvalue weighted by atomic mass is 10.0. The molecule has 0 aromatic carbocycles. The summed E-state index contributed by atoms with van der Waals surface area (Å²) in [5.41, 5.74) is 2.70. The van der Waals surface area contributed by atoms with E-state index in [1.54, 1.807) is 0 Å². The van der Waals surface area contributed by atoms with Crippen LogP contribution in [0.3, 0.4) is 0 Å². The van der Waals surface area contributed by atoms with Gasteiger partial charge in [-0.3, -0.25) is 9.78 Å². The standard InChI is InChI=1S/C17H25N3O2/c1-13-11-15(12-14(2)18-13)19-6-8-20(9-7-19)16(21)17(3)5-4-10-22-17/h11-12H,4-10H2,1-3H3. The summed E-state index contributed by atoms with van der Waals surface area (Å²) >= 11 is 0. The molecule has 5 nitrogen and oxygen atoms in total. The molecule has 0 N–H and O–H groups in total. The Hall–Kier alpha value is -1.62. The van der Waals surface area contributed by atoms with Gasteiger partial charge >= 0.3 is 0 Å². The van der Waals surface area contributed by atoms with Crippen molar-refractivity contribution in [2.45, 2.75) is 39.2 Å². The van der Waals surface area contributed by atoms with Gasteiger partial charge in [-0.2, -0.15) is 0 Å². The first-order valence-corrected chi connectivity index (χ1v) is 8.11. The highest BCUT2D eigenvalue weighted by Gasteiger charge is 2.41. The lowest BCUT2D eigenvalue weighted by Crippen LogP contribution is -2.54. The summed E-state index contributed by atoms with van der Waals surface area (Å²) in [5.74, 6) is 0.159. The SMILES string of the molecule is Cc1cc(N2CCN(C(=O)C3(C)CCCO3)CC2)cc(C)n1. The summed E-state index contributed by atoms with van der Waals surface area (Å²) in [4.78, 5) is 21.4. The lowest BCUT2D eigenvalue weighted by molar-refractivity contribution is -0.151. The molecule has 22 heavy (non-hydrogen) atoms. The number of aromatic nitrogens is 1. The zero-order chi connectivity index (χ0) is 15.7. The number of aryl methyl sites for hydroxylation is 2. The maximum absolute atomic E-state index is 12.6. The van der Waals surface area contributed by atoms with Crippen LogP contribution in [0, 0.1) is 13.8 Å². The van der Waals surface area contributed by atoms with E-state index in [2.05, 4.69) is 22.0 Å². The van der Waals surface area contributed by atoms with Crippen LogP contribution in [0.4, 0.5) is 5.69 Å². The fourth-order valence-electron chi connectivity index (χ4n) is 3.44. The minimum atomic E-state index is -0.591. The van der Waals surface area contributed by atoms with Gasteiger partial charge in [-0.1, -0.05) is 0 Å². The molecular weight excluding hydrogens is 278 g/mol. The number of nitrogens with zero attached hydrogens (tertiary/aromatic N) is 3. The van der Waals surface area contributed by atoms with E-state index in [4.69, 9.17) is 4.74 Å². The van der Waals surface area contributed by atoms with E-state index in [1.165, 1.54) is 5.69 Å². The molecule has 120 valence electrons. The Bertz CT molecular complexity index is 539. The van der Waals surface area contributed by atoms with Crippen LogP contribution in [-0.2, 0) is 9.53 Å². The number of amides is 1.